The topological polar surface area (TPSA) is 41.6 Å². The zero-order valence-corrected chi connectivity index (χ0v) is 15.3. The summed E-state index contributed by atoms with van der Waals surface area (Å²) in [4.78, 5) is 14.0. The first-order valence-electron chi connectivity index (χ1n) is 8.33. The fraction of sp³-hybridized carbons (Fsp3) is 0.143. The second kappa shape index (κ2) is 8.45. The van der Waals surface area contributed by atoms with E-state index >= 15 is 0 Å². The van der Waals surface area contributed by atoms with E-state index in [0.717, 1.165) is 16.3 Å². The van der Waals surface area contributed by atoms with Gasteiger partial charge in [-0.25, -0.2) is 0 Å². The second-order valence-electron chi connectivity index (χ2n) is 5.96. The van der Waals surface area contributed by atoms with Gasteiger partial charge in [0, 0.05) is 19.0 Å². The first-order chi connectivity index (χ1) is 12.6. The van der Waals surface area contributed by atoms with Gasteiger partial charge in [0.1, 0.15) is 5.75 Å². The Kier molecular flexibility index (Phi) is 5.81. The predicted octanol–water partition coefficient (Wildman–Crippen LogP) is 3.75. The van der Waals surface area contributed by atoms with Crippen molar-refractivity contribution in [1.29, 1.82) is 0 Å². The van der Waals surface area contributed by atoms with Gasteiger partial charge in [-0.05, 0) is 29.2 Å². The van der Waals surface area contributed by atoms with Gasteiger partial charge in [0.2, 0.25) is 0 Å². The zero-order valence-electron chi connectivity index (χ0n) is 14.5. The number of hydrogen-bond acceptors (Lipinski definition) is 3. The van der Waals surface area contributed by atoms with Crippen LogP contribution in [0.3, 0.4) is 0 Å². The van der Waals surface area contributed by atoms with Crippen LogP contribution in [0.1, 0.15) is 5.56 Å². The molecule has 0 spiro atoms. The van der Waals surface area contributed by atoms with Crippen molar-refractivity contribution in [2.75, 3.05) is 13.7 Å². The molecule has 0 radical (unpaired) electrons. The minimum atomic E-state index is -0.275. The van der Waals surface area contributed by atoms with Gasteiger partial charge in [-0.2, -0.15) is 0 Å². The van der Waals surface area contributed by atoms with Crippen LogP contribution in [0.15, 0.2) is 72.8 Å². The highest BCUT2D eigenvalue weighted by Crippen LogP contribution is 2.24. The van der Waals surface area contributed by atoms with Crippen LogP contribution in [0.4, 0.5) is 0 Å². The lowest BCUT2D eigenvalue weighted by atomic mass is 10.1. The van der Waals surface area contributed by atoms with Crippen LogP contribution in [0.2, 0.25) is 0 Å². The summed E-state index contributed by atoms with van der Waals surface area (Å²) < 4.78 is 5.69. The summed E-state index contributed by atoms with van der Waals surface area (Å²) in [5.74, 6) is 0.407. The lowest BCUT2D eigenvalue weighted by Crippen LogP contribution is -2.42. The van der Waals surface area contributed by atoms with Crippen LogP contribution < -0.4 is 10.1 Å². The third-order valence-electron chi connectivity index (χ3n) is 3.96. The van der Waals surface area contributed by atoms with Crippen molar-refractivity contribution in [3.8, 4) is 5.75 Å². The average Bonchev–Trinajstić information content (AvgIpc) is 2.67. The molecule has 0 atom stereocenters. The quantitative estimate of drug-likeness (QED) is 0.700. The van der Waals surface area contributed by atoms with Crippen LogP contribution >= 0.6 is 12.2 Å². The van der Waals surface area contributed by atoms with E-state index < -0.39 is 0 Å². The average molecular weight is 364 g/mol. The Bertz CT molecular complexity index is 907. The fourth-order valence-corrected chi connectivity index (χ4v) is 2.82. The third-order valence-corrected chi connectivity index (χ3v) is 4.38. The molecule has 3 rings (SSSR count). The minimum absolute atomic E-state index is 0.0900. The molecule has 26 heavy (non-hydrogen) atoms. The van der Waals surface area contributed by atoms with E-state index in [2.05, 4.69) is 5.32 Å². The lowest BCUT2D eigenvalue weighted by Gasteiger charge is -2.20. The first-order valence-corrected chi connectivity index (χ1v) is 8.74. The molecule has 0 fully saturated rings. The molecule has 0 aliphatic rings. The number of nitrogens with one attached hydrogen (secondary N) is 1. The van der Waals surface area contributed by atoms with Crippen LogP contribution in [-0.2, 0) is 11.3 Å². The number of amides is 1. The Morgan fingerprint density at radius 2 is 1.69 bits per heavy atom. The van der Waals surface area contributed by atoms with Gasteiger partial charge in [0.25, 0.3) is 5.91 Å². The summed E-state index contributed by atoms with van der Waals surface area (Å²) in [6.45, 7) is 0.539. The van der Waals surface area contributed by atoms with Crippen molar-refractivity contribution in [1.82, 2.24) is 10.2 Å². The monoisotopic (exact) mass is 364 g/mol. The Labute approximate surface area is 158 Å². The molecule has 1 N–H and O–H groups in total. The van der Waals surface area contributed by atoms with Gasteiger partial charge < -0.3 is 15.0 Å². The fourth-order valence-electron chi connectivity index (χ4n) is 2.64. The number of thiocarbonyl (C=S) groups is 1. The van der Waals surface area contributed by atoms with Gasteiger partial charge >= 0.3 is 0 Å². The van der Waals surface area contributed by atoms with E-state index in [1.807, 2.05) is 84.7 Å². The van der Waals surface area contributed by atoms with Crippen LogP contribution in [0.5, 0.6) is 5.75 Å². The molecule has 0 bridgehead atoms. The van der Waals surface area contributed by atoms with Crippen molar-refractivity contribution in [3.63, 3.8) is 0 Å². The van der Waals surface area contributed by atoms with E-state index in [-0.39, 0.29) is 12.5 Å². The summed E-state index contributed by atoms with van der Waals surface area (Å²) in [7, 11) is 1.85. The molecule has 3 aromatic rings. The van der Waals surface area contributed by atoms with E-state index in [9.17, 15) is 4.79 Å². The zero-order chi connectivity index (χ0) is 18.4. The van der Waals surface area contributed by atoms with E-state index in [4.69, 9.17) is 17.0 Å². The molecular weight excluding hydrogens is 344 g/mol. The van der Waals surface area contributed by atoms with Gasteiger partial charge in [-0.1, -0.05) is 66.7 Å². The largest absolute Gasteiger partial charge is 0.483 e. The number of fused-ring (bicyclic) bond motifs is 1. The molecule has 0 aliphatic carbocycles. The van der Waals surface area contributed by atoms with Crippen molar-refractivity contribution in [3.05, 3.63) is 78.4 Å². The molecule has 0 aliphatic heterocycles. The SMILES string of the molecule is CN(Cc1ccccc1)C(=S)NC(=O)COc1cccc2ccccc12. The van der Waals surface area contributed by atoms with Crippen molar-refractivity contribution >= 4 is 34.0 Å². The predicted molar refractivity (Wildman–Crippen MR) is 108 cm³/mol. The Morgan fingerprint density at radius 3 is 2.50 bits per heavy atom. The minimum Gasteiger partial charge on any atom is -0.483 e. The van der Waals surface area contributed by atoms with Crippen molar-refractivity contribution in [2.45, 2.75) is 6.54 Å². The number of hydrogen-bond donors (Lipinski definition) is 1. The van der Waals surface area contributed by atoms with Crippen molar-refractivity contribution < 1.29 is 9.53 Å². The van der Waals surface area contributed by atoms with Gasteiger partial charge in [0.15, 0.2) is 11.7 Å². The highest BCUT2D eigenvalue weighted by molar-refractivity contribution is 7.80. The molecular formula is C21H20N2O2S. The smallest absolute Gasteiger partial charge is 0.264 e. The molecule has 1 amide bonds. The normalized spacial score (nSPS) is 10.3. The second-order valence-corrected chi connectivity index (χ2v) is 6.35. The van der Waals surface area contributed by atoms with E-state index in [1.165, 1.54) is 0 Å². The summed E-state index contributed by atoms with van der Waals surface area (Å²) in [6.07, 6.45) is 0. The molecule has 4 nitrogen and oxygen atoms in total. The molecule has 132 valence electrons. The molecule has 0 unspecified atom stereocenters. The van der Waals surface area contributed by atoms with Crippen LogP contribution in [0, 0.1) is 0 Å². The summed E-state index contributed by atoms with van der Waals surface area (Å²) in [5, 5.41) is 5.14. The highest BCUT2D eigenvalue weighted by atomic mass is 32.1. The summed E-state index contributed by atoms with van der Waals surface area (Å²) >= 11 is 5.30. The lowest BCUT2D eigenvalue weighted by molar-refractivity contribution is -0.121. The van der Waals surface area contributed by atoms with Gasteiger partial charge in [-0.15, -0.1) is 0 Å². The van der Waals surface area contributed by atoms with Crippen LogP contribution in [0.25, 0.3) is 10.8 Å². The standard InChI is InChI=1S/C21H20N2O2S/c1-23(14-16-8-3-2-4-9-16)21(26)22-20(24)15-25-19-13-7-11-17-10-5-6-12-18(17)19/h2-13H,14-15H2,1H3,(H,22,24,26). The van der Waals surface area contributed by atoms with E-state index in [1.54, 1.807) is 0 Å². The Hall–Kier alpha value is -2.92. The van der Waals surface area contributed by atoms with Crippen LogP contribution in [-0.4, -0.2) is 29.6 Å². The Balaban J connectivity index is 1.54. The molecule has 0 saturated carbocycles. The Morgan fingerprint density at radius 1 is 1.00 bits per heavy atom. The number of carbonyl (C=O) groups is 1. The molecule has 5 heteroatoms. The molecule has 3 aromatic carbocycles. The maximum absolute atomic E-state index is 12.2. The number of rotatable bonds is 5. The summed E-state index contributed by atoms with van der Waals surface area (Å²) in [6, 6.07) is 23.6. The highest BCUT2D eigenvalue weighted by Gasteiger charge is 2.11. The number of ether oxygens (including phenoxy) is 1. The van der Waals surface area contributed by atoms with Gasteiger partial charge in [0.05, 0.1) is 0 Å². The number of benzene rings is 3. The van der Waals surface area contributed by atoms with Crippen molar-refractivity contribution in [2.24, 2.45) is 0 Å². The molecule has 0 saturated heterocycles. The van der Waals surface area contributed by atoms with E-state index in [0.29, 0.717) is 17.4 Å². The van der Waals surface area contributed by atoms with Gasteiger partial charge in [-0.3, -0.25) is 4.79 Å². The third kappa shape index (κ3) is 4.58. The first kappa shape index (κ1) is 17.9. The number of nitrogens with zero attached hydrogens (tertiary/aromatic N) is 1. The maximum Gasteiger partial charge on any atom is 0.264 e. The molecule has 0 heterocycles. The number of carbonyl (C=O) groups excluding carboxylic acids is 1. The summed E-state index contributed by atoms with van der Waals surface area (Å²) in [5.41, 5.74) is 1.12. The molecule has 0 aromatic heterocycles. The maximum atomic E-state index is 12.2.